The van der Waals surface area contributed by atoms with Crippen molar-refractivity contribution in [2.45, 2.75) is 34.1 Å². The summed E-state index contributed by atoms with van der Waals surface area (Å²) in [5, 5.41) is 10.8. The quantitative estimate of drug-likeness (QED) is 0.356. The summed E-state index contributed by atoms with van der Waals surface area (Å²) in [4.78, 5) is 0. The molecule has 18 heavy (non-hydrogen) atoms. The first-order valence-corrected chi connectivity index (χ1v) is 6.11. The number of nitrogens with one attached hydrogen (secondary N) is 1. The molecular weight excluding hydrogens is 222 g/mol. The number of hydrogen-bond acceptors (Lipinski definition) is 3. The van der Waals surface area contributed by atoms with E-state index in [1.165, 1.54) is 0 Å². The molecule has 0 radical (unpaired) electrons. The average Bonchev–Trinajstić information content (AvgIpc) is 2.42. The summed E-state index contributed by atoms with van der Waals surface area (Å²) in [6.07, 6.45) is 2.00. The molecule has 1 aromatic rings. The highest BCUT2D eigenvalue weighted by molar-refractivity contribution is 6.37. The molecule has 3 nitrogen and oxygen atoms in total. The van der Waals surface area contributed by atoms with Gasteiger partial charge in [-0.05, 0) is 24.6 Å². The van der Waals surface area contributed by atoms with Crippen LogP contribution >= 0.6 is 0 Å². The molecule has 0 spiro atoms. The predicted octanol–water partition coefficient (Wildman–Crippen LogP) is 3.10. The Kier molecular flexibility index (Phi) is 7.96. The number of nitrogens with zero attached hydrogens (tertiary/aromatic N) is 1. The number of benzene rings is 1. The van der Waals surface area contributed by atoms with E-state index in [1.807, 2.05) is 45.9 Å². The second-order valence-corrected chi connectivity index (χ2v) is 3.34. The van der Waals surface area contributed by atoms with Crippen LogP contribution in [0.1, 0.15) is 43.9 Å². The fourth-order valence-corrected chi connectivity index (χ4v) is 1.40. The number of nitrogens with two attached hydrogens (primary N) is 1. The van der Waals surface area contributed by atoms with Crippen molar-refractivity contribution in [1.29, 1.82) is 5.41 Å². The third kappa shape index (κ3) is 4.42. The summed E-state index contributed by atoms with van der Waals surface area (Å²) in [5.41, 5.74) is 3.35. The standard InChI is InChI=1S/C13H15N3.C2H6/c1-3-4-5-11-6-7-12(10(2)8-11)13(9-14)16-15;1-2/h6-9,14H,3,15H2,1-2H3;1-2H3/b14-9?,16-13+;. The molecule has 3 heteroatoms. The monoisotopic (exact) mass is 243 g/mol. The lowest BCUT2D eigenvalue weighted by molar-refractivity contribution is 1.25. The Balaban J connectivity index is 0.00000137. The minimum Gasteiger partial charge on any atom is -0.323 e. The van der Waals surface area contributed by atoms with Crippen LogP contribution in [-0.2, 0) is 0 Å². The van der Waals surface area contributed by atoms with Crippen molar-refractivity contribution in [3.05, 3.63) is 34.9 Å². The zero-order chi connectivity index (χ0) is 14.0. The van der Waals surface area contributed by atoms with E-state index < -0.39 is 0 Å². The Morgan fingerprint density at radius 3 is 2.56 bits per heavy atom. The maximum Gasteiger partial charge on any atom is 0.108 e. The summed E-state index contributed by atoms with van der Waals surface area (Å²) < 4.78 is 0. The highest BCUT2D eigenvalue weighted by Crippen LogP contribution is 2.11. The van der Waals surface area contributed by atoms with E-state index in [-0.39, 0.29) is 0 Å². The zero-order valence-electron chi connectivity index (χ0n) is 11.5. The maximum absolute atomic E-state index is 7.19. The topological polar surface area (TPSA) is 62.2 Å². The molecule has 0 fully saturated rings. The van der Waals surface area contributed by atoms with Gasteiger partial charge in [-0.2, -0.15) is 5.10 Å². The number of aryl methyl sites for hydroxylation is 1. The average molecular weight is 243 g/mol. The maximum atomic E-state index is 7.19. The lowest BCUT2D eigenvalue weighted by Gasteiger charge is -2.04. The Morgan fingerprint density at radius 2 is 2.11 bits per heavy atom. The highest BCUT2D eigenvalue weighted by Gasteiger charge is 2.04. The van der Waals surface area contributed by atoms with Gasteiger partial charge in [0.2, 0.25) is 0 Å². The molecule has 0 heterocycles. The van der Waals surface area contributed by atoms with Gasteiger partial charge in [-0.15, -0.1) is 0 Å². The molecule has 0 saturated carbocycles. The van der Waals surface area contributed by atoms with Gasteiger partial charge in [0.05, 0.1) is 0 Å². The third-order valence-corrected chi connectivity index (χ3v) is 2.19. The smallest absolute Gasteiger partial charge is 0.108 e. The van der Waals surface area contributed by atoms with Gasteiger partial charge in [-0.1, -0.05) is 38.7 Å². The van der Waals surface area contributed by atoms with Gasteiger partial charge in [0.1, 0.15) is 5.71 Å². The first-order valence-electron chi connectivity index (χ1n) is 6.11. The van der Waals surface area contributed by atoms with E-state index in [0.29, 0.717) is 5.71 Å². The highest BCUT2D eigenvalue weighted by atomic mass is 15.1. The molecule has 0 aliphatic rings. The normalized spacial score (nSPS) is 9.67. The lowest BCUT2D eigenvalue weighted by Crippen LogP contribution is -2.07. The number of hydrazone groups is 1. The first-order chi connectivity index (χ1) is 8.72. The minimum absolute atomic E-state index is 0.479. The molecule has 0 aliphatic carbocycles. The van der Waals surface area contributed by atoms with Crippen molar-refractivity contribution in [2.75, 3.05) is 0 Å². The summed E-state index contributed by atoms with van der Waals surface area (Å²) in [5.74, 6) is 11.3. The molecule has 0 unspecified atom stereocenters. The summed E-state index contributed by atoms with van der Waals surface area (Å²) in [6.45, 7) is 7.98. The minimum atomic E-state index is 0.479. The molecule has 96 valence electrons. The van der Waals surface area contributed by atoms with Gasteiger partial charge in [-0.25, -0.2) is 0 Å². The Hall–Kier alpha value is -2.08. The third-order valence-electron chi connectivity index (χ3n) is 2.19. The van der Waals surface area contributed by atoms with Crippen molar-refractivity contribution in [1.82, 2.24) is 0 Å². The van der Waals surface area contributed by atoms with Crippen LogP contribution in [0.5, 0.6) is 0 Å². The zero-order valence-corrected chi connectivity index (χ0v) is 11.5. The van der Waals surface area contributed by atoms with Crippen LogP contribution in [0.25, 0.3) is 0 Å². The summed E-state index contributed by atoms with van der Waals surface area (Å²) >= 11 is 0. The molecular formula is C15H21N3. The second kappa shape index (κ2) is 9.00. The van der Waals surface area contributed by atoms with Crippen LogP contribution in [0.3, 0.4) is 0 Å². The lowest BCUT2D eigenvalue weighted by atomic mass is 10.0. The predicted molar refractivity (Wildman–Crippen MR) is 79.2 cm³/mol. The fraction of sp³-hybridized carbons (Fsp3) is 0.333. The van der Waals surface area contributed by atoms with Crippen molar-refractivity contribution in [3.63, 3.8) is 0 Å². The molecule has 0 amide bonds. The van der Waals surface area contributed by atoms with Crippen LogP contribution in [0, 0.1) is 24.2 Å². The number of rotatable bonds is 2. The van der Waals surface area contributed by atoms with Gasteiger partial charge in [0, 0.05) is 23.8 Å². The van der Waals surface area contributed by atoms with Crippen LogP contribution in [0.2, 0.25) is 0 Å². The molecule has 0 bridgehead atoms. The van der Waals surface area contributed by atoms with E-state index in [9.17, 15) is 0 Å². The molecule has 0 atom stereocenters. The SMILES string of the molecule is CC.CCC#Cc1ccc(/C(C=N)=N/N)c(C)c1. The molecule has 1 aromatic carbocycles. The van der Waals surface area contributed by atoms with Crippen LogP contribution in [0.15, 0.2) is 23.3 Å². The number of hydrogen-bond donors (Lipinski definition) is 2. The fourth-order valence-electron chi connectivity index (χ4n) is 1.40. The Labute approximate surface area is 110 Å². The Morgan fingerprint density at radius 1 is 1.44 bits per heavy atom. The van der Waals surface area contributed by atoms with E-state index in [0.717, 1.165) is 29.3 Å². The van der Waals surface area contributed by atoms with Crippen LogP contribution in [-0.4, -0.2) is 11.9 Å². The summed E-state index contributed by atoms with van der Waals surface area (Å²) in [7, 11) is 0. The van der Waals surface area contributed by atoms with Gasteiger partial charge >= 0.3 is 0 Å². The second-order valence-electron chi connectivity index (χ2n) is 3.34. The van der Waals surface area contributed by atoms with E-state index in [4.69, 9.17) is 11.3 Å². The van der Waals surface area contributed by atoms with E-state index in [1.54, 1.807) is 0 Å². The van der Waals surface area contributed by atoms with Crippen molar-refractivity contribution in [3.8, 4) is 11.8 Å². The van der Waals surface area contributed by atoms with E-state index in [2.05, 4.69) is 16.9 Å². The molecule has 0 aliphatic heterocycles. The van der Waals surface area contributed by atoms with Crippen LogP contribution < -0.4 is 5.84 Å². The molecule has 1 rings (SSSR count). The van der Waals surface area contributed by atoms with Gasteiger partial charge in [-0.3, -0.25) is 0 Å². The van der Waals surface area contributed by atoms with Crippen LogP contribution in [0.4, 0.5) is 0 Å². The first kappa shape index (κ1) is 15.9. The van der Waals surface area contributed by atoms with Gasteiger partial charge in [0.25, 0.3) is 0 Å². The summed E-state index contributed by atoms with van der Waals surface area (Å²) in [6, 6.07) is 5.79. The van der Waals surface area contributed by atoms with Crippen molar-refractivity contribution >= 4 is 11.9 Å². The molecule has 0 saturated heterocycles. The van der Waals surface area contributed by atoms with Crippen molar-refractivity contribution < 1.29 is 0 Å². The van der Waals surface area contributed by atoms with E-state index >= 15 is 0 Å². The Bertz CT molecular complexity index is 476. The van der Waals surface area contributed by atoms with Crippen molar-refractivity contribution in [2.24, 2.45) is 10.9 Å². The molecule has 0 aromatic heterocycles. The van der Waals surface area contributed by atoms with Gasteiger partial charge in [0.15, 0.2) is 0 Å². The van der Waals surface area contributed by atoms with Gasteiger partial charge < -0.3 is 11.3 Å². The molecule has 3 N–H and O–H groups in total. The largest absolute Gasteiger partial charge is 0.323 e.